The maximum Gasteiger partial charge on any atom is 0.336 e. The molecule has 0 radical (unpaired) electrons. The van der Waals surface area contributed by atoms with Crippen molar-refractivity contribution in [2.24, 2.45) is 0 Å². The van der Waals surface area contributed by atoms with Crippen LogP contribution in [0.5, 0.6) is 5.75 Å². The lowest BCUT2D eigenvalue weighted by molar-refractivity contribution is -0.173. The highest BCUT2D eigenvalue weighted by Crippen LogP contribution is 2.23. The summed E-state index contributed by atoms with van der Waals surface area (Å²) in [5.74, 6) is -0.278. The molecule has 2 atom stereocenters. The molecule has 0 aliphatic heterocycles. The number of aromatic nitrogens is 3. The first-order chi connectivity index (χ1) is 9.49. The van der Waals surface area contributed by atoms with Gasteiger partial charge in [0.05, 0.1) is 0 Å². The van der Waals surface area contributed by atoms with Gasteiger partial charge in [-0.1, -0.05) is 12.6 Å². The number of aliphatic hydroxyl groups is 1. The number of aliphatic hydroxyl groups excluding tert-OH is 1. The number of aromatic amines is 1. The Morgan fingerprint density at radius 2 is 2.20 bits per heavy atom. The number of carbonyl (C=O) groups excluding carboxylic acids is 1. The second-order valence-electron chi connectivity index (χ2n) is 4.36. The van der Waals surface area contributed by atoms with Crippen molar-refractivity contribution < 1.29 is 19.4 Å². The van der Waals surface area contributed by atoms with Gasteiger partial charge in [0.2, 0.25) is 0 Å². The highest BCUT2D eigenvalue weighted by atomic mass is 16.7. The third-order valence-corrected chi connectivity index (χ3v) is 2.52. The molecule has 1 heterocycles. The average Bonchev–Trinajstić information content (AvgIpc) is 2.86. The van der Waals surface area contributed by atoms with Gasteiger partial charge in [0, 0.05) is 5.57 Å². The van der Waals surface area contributed by atoms with Gasteiger partial charge in [-0.15, -0.1) is 0 Å². The maximum atomic E-state index is 11.5. The van der Waals surface area contributed by atoms with Crippen molar-refractivity contribution in [3.8, 4) is 5.75 Å². The van der Waals surface area contributed by atoms with Crippen molar-refractivity contribution in [3.63, 3.8) is 0 Å². The van der Waals surface area contributed by atoms with E-state index in [4.69, 9.17) is 9.47 Å². The zero-order chi connectivity index (χ0) is 14.7. The number of hydrogen-bond acceptors (Lipinski definition) is 6. The highest BCUT2D eigenvalue weighted by Gasteiger charge is 2.23. The van der Waals surface area contributed by atoms with Crippen molar-refractivity contribution in [1.82, 2.24) is 15.4 Å². The summed E-state index contributed by atoms with van der Waals surface area (Å²) >= 11 is 0. The van der Waals surface area contributed by atoms with E-state index in [0.717, 1.165) is 0 Å². The molecule has 7 heteroatoms. The fraction of sp³-hybridized carbons (Fsp3) is 0.308. The number of rotatable bonds is 5. The molecule has 2 aromatic rings. The third kappa shape index (κ3) is 2.94. The molecule has 2 rings (SSSR count). The molecule has 2 unspecified atom stereocenters. The standard InChI is InChI=1S/C13H15N3O4/c1-7(2)12(18)20-13(8(3)17)19-10-6-4-5-9-11(10)15-16-14-9/h4-6,8,13,17H,1H2,2-3H3,(H,14,15,16). The molecule has 0 aliphatic rings. The minimum atomic E-state index is -1.15. The lowest BCUT2D eigenvalue weighted by Crippen LogP contribution is -2.34. The Morgan fingerprint density at radius 3 is 2.85 bits per heavy atom. The molecule has 2 N–H and O–H groups in total. The molecular formula is C13H15N3O4. The molecule has 7 nitrogen and oxygen atoms in total. The van der Waals surface area contributed by atoms with E-state index in [1.807, 2.05) is 0 Å². The molecule has 106 valence electrons. The fourth-order valence-corrected chi connectivity index (χ4v) is 1.49. The average molecular weight is 277 g/mol. The molecule has 0 aliphatic carbocycles. The Balaban J connectivity index is 2.22. The van der Waals surface area contributed by atoms with Crippen molar-refractivity contribution in [3.05, 3.63) is 30.4 Å². The van der Waals surface area contributed by atoms with Crippen LogP contribution in [0.2, 0.25) is 0 Å². The quantitative estimate of drug-likeness (QED) is 0.483. The monoisotopic (exact) mass is 277 g/mol. The van der Waals surface area contributed by atoms with Crippen LogP contribution in [0, 0.1) is 0 Å². The first-order valence-electron chi connectivity index (χ1n) is 5.99. The van der Waals surface area contributed by atoms with Gasteiger partial charge in [-0.25, -0.2) is 4.79 Å². The summed E-state index contributed by atoms with van der Waals surface area (Å²) < 4.78 is 10.5. The summed E-state index contributed by atoms with van der Waals surface area (Å²) in [6, 6.07) is 5.12. The number of carbonyl (C=O) groups is 1. The number of nitrogens with zero attached hydrogens (tertiary/aromatic N) is 2. The van der Waals surface area contributed by atoms with Crippen molar-refractivity contribution >= 4 is 17.0 Å². The predicted octanol–water partition coefficient (Wildman–Crippen LogP) is 1.16. The fourth-order valence-electron chi connectivity index (χ4n) is 1.49. The summed E-state index contributed by atoms with van der Waals surface area (Å²) in [4.78, 5) is 11.5. The maximum absolute atomic E-state index is 11.5. The van der Waals surface area contributed by atoms with Crippen LogP contribution < -0.4 is 4.74 Å². The number of ether oxygens (including phenoxy) is 2. The first-order valence-corrected chi connectivity index (χ1v) is 5.99. The number of nitrogens with one attached hydrogen (secondary N) is 1. The van der Waals surface area contributed by atoms with E-state index < -0.39 is 18.4 Å². The number of hydrogen-bond donors (Lipinski definition) is 2. The van der Waals surface area contributed by atoms with Gasteiger partial charge in [0.1, 0.15) is 11.6 Å². The first kappa shape index (κ1) is 14.0. The van der Waals surface area contributed by atoms with E-state index in [1.54, 1.807) is 18.2 Å². The Morgan fingerprint density at radius 1 is 1.45 bits per heavy atom. The Bertz CT molecular complexity index is 635. The van der Waals surface area contributed by atoms with Crippen LogP contribution in [0.25, 0.3) is 11.0 Å². The summed E-state index contributed by atoms with van der Waals surface area (Å²) in [6.07, 6.45) is -2.16. The smallest absolute Gasteiger partial charge is 0.336 e. The van der Waals surface area contributed by atoms with Gasteiger partial charge < -0.3 is 14.6 Å². The molecule has 20 heavy (non-hydrogen) atoms. The highest BCUT2D eigenvalue weighted by molar-refractivity contribution is 5.87. The van der Waals surface area contributed by atoms with Gasteiger partial charge in [0.15, 0.2) is 11.3 Å². The van der Waals surface area contributed by atoms with Crippen molar-refractivity contribution in [2.45, 2.75) is 26.2 Å². The number of benzene rings is 1. The van der Waals surface area contributed by atoms with E-state index in [1.165, 1.54) is 13.8 Å². The number of fused-ring (bicyclic) bond motifs is 1. The number of para-hydroxylation sites is 1. The topological polar surface area (TPSA) is 97.3 Å². The van der Waals surface area contributed by atoms with E-state index in [2.05, 4.69) is 22.0 Å². The SMILES string of the molecule is C=C(C)C(=O)OC(Oc1cccc2n[nH]nc12)C(C)O. The van der Waals surface area contributed by atoms with Crippen molar-refractivity contribution in [2.75, 3.05) is 0 Å². The van der Waals surface area contributed by atoms with Gasteiger partial charge in [-0.2, -0.15) is 15.4 Å². The molecule has 0 bridgehead atoms. The zero-order valence-corrected chi connectivity index (χ0v) is 11.2. The van der Waals surface area contributed by atoms with E-state index >= 15 is 0 Å². The van der Waals surface area contributed by atoms with Crippen molar-refractivity contribution in [1.29, 1.82) is 0 Å². The molecule has 0 spiro atoms. The van der Waals surface area contributed by atoms with Crippen LogP contribution >= 0.6 is 0 Å². The molecule has 0 saturated heterocycles. The number of H-pyrrole nitrogens is 1. The van der Waals surface area contributed by atoms with Gasteiger partial charge in [0.25, 0.3) is 6.29 Å². The normalized spacial score (nSPS) is 13.8. The van der Waals surface area contributed by atoms with Crippen LogP contribution in [-0.2, 0) is 9.53 Å². The van der Waals surface area contributed by atoms with Gasteiger partial charge in [-0.05, 0) is 26.0 Å². The Kier molecular flexibility index (Phi) is 3.99. The van der Waals surface area contributed by atoms with E-state index in [0.29, 0.717) is 16.8 Å². The van der Waals surface area contributed by atoms with E-state index in [-0.39, 0.29) is 5.57 Å². The number of esters is 1. The largest absolute Gasteiger partial charge is 0.450 e. The van der Waals surface area contributed by atoms with Crippen LogP contribution in [0.4, 0.5) is 0 Å². The molecule has 1 aromatic heterocycles. The Labute approximate surface area is 115 Å². The zero-order valence-electron chi connectivity index (χ0n) is 11.2. The molecule has 1 aromatic carbocycles. The van der Waals surface area contributed by atoms with Crippen LogP contribution in [0.1, 0.15) is 13.8 Å². The predicted molar refractivity (Wildman–Crippen MR) is 70.9 cm³/mol. The second-order valence-corrected chi connectivity index (χ2v) is 4.36. The Hall–Kier alpha value is -2.41. The van der Waals surface area contributed by atoms with Crippen LogP contribution in [0.15, 0.2) is 30.4 Å². The molecule has 0 fully saturated rings. The minimum absolute atomic E-state index is 0.221. The van der Waals surface area contributed by atoms with Gasteiger partial charge in [-0.3, -0.25) is 0 Å². The third-order valence-electron chi connectivity index (χ3n) is 2.52. The van der Waals surface area contributed by atoms with Gasteiger partial charge >= 0.3 is 5.97 Å². The molecular weight excluding hydrogens is 262 g/mol. The minimum Gasteiger partial charge on any atom is -0.450 e. The lowest BCUT2D eigenvalue weighted by Gasteiger charge is -2.21. The summed E-state index contributed by atoms with van der Waals surface area (Å²) in [5, 5.41) is 20.0. The molecule has 0 saturated carbocycles. The molecule has 0 amide bonds. The summed E-state index contributed by atoms with van der Waals surface area (Å²) in [7, 11) is 0. The second kappa shape index (κ2) is 5.70. The summed E-state index contributed by atoms with van der Waals surface area (Å²) in [5.41, 5.74) is 1.32. The van der Waals surface area contributed by atoms with Crippen LogP contribution in [-0.4, -0.2) is 38.9 Å². The van der Waals surface area contributed by atoms with E-state index in [9.17, 15) is 9.90 Å². The lowest BCUT2D eigenvalue weighted by atomic mass is 10.3. The summed E-state index contributed by atoms with van der Waals surface area (Å²) in [6.45, 7) is 6.45. The van der Waals surface area contributed by atoms with Crippen LogP contribution in [0.3, 0.4) is 0 Å².